The molecular weight excluding hydrogens is 238 g/mol. The van der Waals surface area contributed by atoms with Crippen molar-refractivity contribution in [1.29, 1.82) is 0 Å². The fourth-order valence-corrected chi connectivity index (χ4v) is 2.77. The van der Waals surface area contributed by atoms with E-state index in [1.54, 1.807) is 13.2 Å². The van der Waals surface area contributed by atoms with Crippen molar-refractivity contribution in [3.63, 3.8) is 0 Å². The third-order valence-electron chi connectivity index (χ3n) is 3.44. The number of methoxy groups -OCH3 is 1. The summed E-state index contributed by atoms with van der Waals surface area (Å²) in [7, 11) is 1.59. The van der Waals surface area contributed by atoms with Gasteiger partial charge in [-0.3, -0.25) is 0 Å². The smallest absolute Gasteiger partial charge is 0.235 e. The van der Waals surface area contributed by atoms with Gasteiger partial charge in [0.2, 0.25) is 6.08 Å². The zero-order chi connectivity index (χ0) is 12.5. The third kappa shape index (κ3) is 1.86. The van der Waals surface area contributed by atoms with Gasteiger partial charge in [-0.25, -0.2) is 4.79 Å². The summed E-state index contributed by atoms with van der Waals surface area (Å²) < 4.78 is 5.29. The number of isocyanates is 1. The van der Waals surface area contributed by atoms with Gasteiger partial charge in [0.25, 0.3) is 0 Å². The lowest BCUT2D eigenvalue weighted by molar-refractivity contribution is 0.255. The molecule has 0 N–H and O–H groups in total. The Morgan fingerprint density at radius 3 is 2.65 bits per heavy atom. The normalized spacial score (nSPS) is 16.9. The number of carbonyl (C=O) groups excluding carboxylic acids is 1. The fourth-order valence-electron chi connectivity index (χ4n) is 2.30. The maximum absolute atomic E-state index is 10.6. The van der Waals surface area contributed by atoms with Crippen molar-refractivity contribution in [2.75, 3.05) is 7.11 Å². The highest BCUT2D eigenvalue weighted by atomic mass is 35.5. The lowest BCUT2D eigenvalue weighted by atomic mass is 9.72. The summed E-state index contributed by atoms with van der Waals surface area (Å²) in [6, 6.07) is 3.88. The lowest BCUT2D eigenvalue weighted by Gasteiger charge is -2.38. The highest BCUT2D eigenvalue weighted by Gasteiger charge is 2.41. The van der Waals surface area contributed by atoms with Crippen LogP contribution >= 0.6 is 11.6 Å². The molecule has 1 aromatic rings. The van der Waals surface area contributed by atoms with Crippen LogP contribution in [0.2, 0.25) is 5.02 Å². The molecule has 0 heterocycles. The molecule has 0 radical (unpaired) electrons. The number of benzene rings is 1. The summed E-state index contributed by atoms with van der Waals surface area (Å²) in [6.45, 7) is 1.94. The minimum Gasteiger partial charge on any atom is -0.495 e. The number of ether oxygens (including phenoxy) is 1. The van der Waals surface area contributed by atoms with E-state index in [1.807, 2.05) is 19.1 Å². The molecule has 1 fully saturated rings. The molecule has 4 heteroatoms. The van der Waals surface area contributed by atoms with Crippen LogP contribution in [0.1, 0.15) is 30.4 Å². The van der Waals surface area contributed by atoms with Gasteiger partial charge in [0.05, 0.1) is 17.7 Å². The largest absolute Gasteiger partial charge is 0.495 e. The molecule has 1 aliphatic carbocycles. The SMILES string of the molecule is COc1c(C)ccc(C2(N=C=O)CCC2)c1Cl. The first-order chi connectivity index (χ1) is 8.14. The van der Waals surface area contributed by atoms with Crippen LogP contribution in [0.15, 0.2) is 17.1 Å². The van der Waals surface area contributed by atoms with Crippen LogP contribution < -0.4 is 4.74 Å². The highest BCUT2D eigenvalue weighted by Crippen LogP contribution is 2.49. The standard InChI is InChI=1S/C13H14ClNO2/c1-9-4-5-10(11(14)12(9)17-2)13(15-8-16)6-3-7-13/h4-5H,3,6-7H2,1-2H3. The summed E-state index contributed by atoms with van der Waals surface area (Å²) in [5.74, 6) is 0.663. The van der Waals surface area contributed by atoms with Gasteiger partial charge in [-0.1, -0.05) is 23.7 Å². The molecule has 1 aliphatic rings. The maximum atomic E-state index is 10.6. The molecule has 0 unspecified atom stereocenters. The summed E-state index contributed by atoms with van der Waals surface area (Å²) in [5, 5.41) is 0.561. The number of hydrogen-bond donors (Lipinski definition) is 0. The Morgan fingerprint density at radius 1 is 1.47 bits per heavy atom. The molecule has 0 spiro atoms. The molecule has 17 heavy (non-hydrogen) atoms. The van der Waals surface area contributed by atoms with Gasteiger partial charge in [0.15, 0.2) is 0 Å². The second-order valence-electron chi connectivity index (χ2n) is 4.37. The van der Waals surface area contributed by atoms with Gasteiger partial charge in [0.1, 0.15) is 5.75 Å². The van der Waals surface area contributed by atoms with Crippen molar-refractivity contribution in [2.24, 2.45) is 4.99 Å². The van der Waals surface area contributed by atoms with Crippen LogP contribution in [0.4, 0.5) is 0 Å². The number of aliphatic imine (C=N–C) groups is 1. The second-order valence-corrected chi connectivity index (χ2v) is 4.74. The van der Waals surface area contributed by atoms with Crippen LogP contribution in [0.5, 0.6) is 5.75 Å². The van der Waals surface area contributed by atoms with E-state index in [4.69, 9.17) is 16.3 Å². The summed E-state index contributed by atoms with van der Waals surface area (Å²) in [6.07, 6.45) is 4.40. The van der Waals surface area contributed by atoms with E-state index in [0.717, 1.165) is 30.4 Å². The molecule has 0 amide bonds. The number of rotatable bonds is 3. The fraction of sp³-hybridized carbons (Fsp3) is 0.462. The van der Waals surface area contributed by atoms with Crippen molar-refractivity contribution in [2.45, 2.75) is 31.7 Å². The second kappa shape index (κ2) is 4.52. The summed E-state index contributed by atoms with van der Waals surface area (Å²) in [5.41, 5.74) is 1.38. The average Bonchev–Trinajstić information content (AvgIpc) is 2.25. The van der Waals surface area contributed by atoms with Crippen LogP contribution in [0.25, 0.3) is 0 Å². The van der Waals surface area contributed by atoms with Gasteiger partial charge < -0.3 is 4.74 Å². The highest BCUT2D eigenvalue weighted by molar-refractivity contribution is 6.33. The molecule has 0 aliphatic heterocycles. The molecule has 2 rings (SSSR count). The molecule has 3 nitrogen and oxygen atoms in total. The van der Waals surface area contributed by atoms with Gasteiger partial charge in [-0.05, 0) is 31.7 Å². The Balaban J connectivity index is 2.56. The van der Waals surface area contributed by atoms with E-state index in [9.17, 15) is 4.79 Å². The number of nitrogens with zero attached hydrogens (tertiary/aromatic N) is 1. The minimum absolute atomic E-state index is 0.472. The molecule has 1 aromatic carbocycles. The Hall–Kier alpha value is -1.31. The van der Waals surface area contributed by atoms with Crippen molar-refractivity contribution in [3.8, 4) is 5.75 Å². The van der Waals surface area contributed by atoms with Gasteiger partial charge >= 0.3 is 0 Å². The van der Waals surface area contributed by atoms with Crippen molar-refractivity contribution in [3.05, 3.63) is 28.3 Å². The van der Waals surface area contributed by atoms with E-state index in [2.05, 4.69) is 4.99 Å². The Labute approximate surface area is 105 Å². The van der Waals surface area contributed by atoms with Gasteiger partial charge in [-0.15, -0.1) is 0 Å². The first-order valence-electron chi connectivity index (χ1n) is 5.57. The van der Waals surface area contributed by atoms with E-state index in [1.165, 1.54) is 0 Å². The number of aryl methyl sites for hydroxylation is 1. The van der Waals surface area contributed by atoms with Crippen LogP contribution in [-0.4, -0.2) is 13.2 Å². The Kier molecular flexibility index (Phi) is 3.23. The topological polar surface area (TPSA) is 38.7 Å². The van der Waals surface area contributed by atoms with E-state index >= 15 is 0 Å². The molecule has 0 aromatic heterocycles. The maximum Gasteiger partial charge on any atom is 0.235 e. The lowest BCUT2D eigenvalue weighted by Crippen LogP contribution is -2.32. The summed E-state index contributed by atoms with van der Waals surface area (Å²) >= 11 is 6.33. The van der Waals surface area contributed by atoms with Crippen molar-refractivity contribution < 1.29 is 9.53 Å². The Morgan fingerprint density at radius 2 is 2.18 bits per heavy atom. The van der Waals surface area contributed by atoms with Crippen molar-refractivity contribution >= 4 is 17.7 Å². The molecule has 90 valence electrons. The number of hydrogen-bond acceptors (Lipinski definition) is 3. The monoisotopic (exact) mass is 251 g/mol. The quantitative estimate of drug-likeness (QED) is 0.610. The predicted molar refractivity (Wildman–Crippen MR) is 66.4 cm³/mol. The molecular formula is C13H14ClNO2. The van der Waals surface area contributed by atoms with Crippen LogP contribution in [-0.2, 0) is 10.3 Å². The van der Waals surface area contributed by atoms with Crippen molar-refractivity contribution in [1.82, 2.24) is 0 Å². The zero-order valence-electron chi connectivity index (χ0n) is 9.92. The van der Waals surface area contributed by atoms with Gasteiger partial charge in [0, 0.05) is 5.56 Å². The Bertz CT molecular complexity index is 488. The minimum atomic E-state index is -0.472. The third-order valence-corrected chi connectivity index (χ3v) is 3.82. The zero-order valence-corrected chi connectivity index (χ0v) is 10.7. The van der Waals surface area contributed by atoms with E-state index in [-0.39, 0.29) is 0 Å². The predicted octanol–water partition coefficient (Wildman–Crippen LogP) is 3.37. The van der Waals surface area contributed by atoms with Crippen LogP contribution in [0, 0.1) is 6.92 Å². The van der Waals surface area contributed by atoms with Gasteiger partial charge in [-0.2, -0.15) is 4.99 Å². The molecule has 0 atom stereocenters. The summed E-state index contributed by atoms with van der Waals surface area (Å²) in [4.78, 5) is 14.5. The van der Waals surface area contributed by atoms with E-state index < -0.39 is 5.54 Å². The molecule has 0 saturated heterocycles. The average molecular weight is 252 g/mol. The van der Waals surface area contributed by atoms with Crippen LogP contribution in [0.3, 0.4) is 0 Å². The molecule has 0 bridgehead atoms. The molecule has 1 saturated carbocycles. The first kappa shape index (κ1) is 12.2. The van der Waals surface area contributed by atoms with E-state index in [0.29, 0.717) is 10.8 Å². The number of halogens is 1. The first-order valence-corrected chi connectivity index (χ1v) is 5.95.